The maximum atomic E-state index is 13.2. The Balaban J connectivity index is 1.78. The van der Waals surface area contributed by atoms with E-state index in [2.05, 4.69) is 0 Å². The Morgan fingerprint density at radius 2 is 1.82 bits per heavy atom. The van der Waals surface area contributed by atoms with E-state index >= 15 is 0 Å². The highest BCUT2D eigenvalue weighted by Crippen LogP contribution is 2.45. The molecule has 5 nitrogen and oxygen atoms in total. The molecule has 1 amide bonds. The van der Waals surface area contributed by atoms with Gasteiger partial charge in [-0.15, -0.1) is 0 Å². The van der Waals surface area contributed by atoms with Crippen LogP contribution >= 0.6 is 11.6 Å². The Morgan fingerprint density at radius 1 is 1.11 bits per heavy atom. The number of carbonyl (C=O) groups excluding carboxylic acids is 1. The second kappa shape index (κ2) is 7.94. The first-order valence-electron chi connectivity index (χ1n) is 9.51. The third-order valence-corrected chi connectivity index (χ3v) is 5.56. The lowest BCUT2D eigenvalue weighted by Gasteiger charge is -2.44. The van der Waals surface area contributed by atoms with Crippen LogP contribution in [-0.2, 0) is 14.3 Å². The third kappa shape index (κ3) is 4.05. The molecular weight excluding hydrogens is 378 g/mol. The number of carboxylic acid groups (broad SMARTS) is 1. The summed E-state index contributed by atoms with van der Waals surface area (Å²) in [6, 6.07) is 16.8. The maximum absolute atomic E-state index is 13.2. The Bertz CT molecular complexity index is 868. The van der Waals surface area contributed by atoms with E-state index in [1.165, 1.54) is 0 Å². The largest absolute Gasteiger partial charge is 0.481 e. The molecule has 1 saturated heterocycles. The number of hydrogen-bond donors (Lipinski definition) is 1. The van der Waals surface area contributed by atoms with Crippen LogP contribution in [-0.4, -0.2) is 34.5 Å². The first-order valence-corrected chi connectivity index (χ1v) is 9.89. The van der Waals surface area contributed by atoms with Crippen LogP contribution in [0.4, 0.5) is 0 Å². The average Bonchev–Trinajstić information content (AvgIpc) is 3.49. The molecule has 2 aliphatic rings. The number of hydrogen-bond acceptors (Lipinski definition) is 3. The number of carboxylic acids is 1. The molecule has 0 bridgehead atoms. The molecular formula is C22H22ClNO4. The van der Waals surface area contributed by atoms with Gasteiger partial charge in [0, 0.05) is 11.6 Å². The number of benzene rings is 2. The number of carbonyl (C=O) groups is 2. The molecule has 6 heteroatoms. The molecule has 1 aliphatic heterocycles. The summed E-state index contributed by atoms with van der Waals surface area (Å²) in [5, 5.41) is 9.85. The summed E-state index contributed by atoms with van der Waals surface area (Å²) in [6.07, 6.45) is 0.357. The average molecular weight is 400 g/mol. The Kier molecular flexibility index (Phi) is 5.38. The van der Waals surface area contributed by atoms with Crippen molar-refractivity contribution >= 4 is 23.5 Å². The molecule has 1 heterocycles. The number of halogens is 1. The summed E-state index contributed by atoms with van der Waals surface area (Å²) in [7, 11) is 0. The summed E-state index contributed by atoms with van der Waals surface area (Å²) >= 11 is 6.21. The first kappa shape index (κ1) is 19.0. The van der Waals surface area contributed by atoms with E-state index in [4.69, 9.17) is 16.3 Å². The van der Waals surface area contributed by atoms with Gasteiger partial charge in [0.15, 0.2) is 0 Å². The van der Waals surface area contributed by atoms with E-state index in [9.17, 15) is 14.7 Å². The van der Waals surface area contributed by atoms with Crippen molar-refractivity contribution in [3.63, 3.8) is 0 Å². The van der Waals surface area contributed by atoms with Gasteiger partial charge in [-0.2, -0.15) is 0 Å². The molecule has 2 aromatic carbocycles. The fraction of sp³-hybridized carbons (Fsp3) is 0.364. The van der Waals surface area contributed by atoms with Gasteiger partial charge in [-0.1, -0.05) is 54.1 Å². The van der Waals surface area contributed by atoms with Crippen LogP contribution in [0.25, 0.3) is 0 Å². The lowest BCUT2D eigenvalue weighted by molar-refractivity contribution is -0.179. The van der Waals surface area contributed by atoms with Crippen LogP contribution in [0.1, 0.15) is 42.5 Å². The Hall–Kier alpha value is -2.37. The van der Waals surface area contributed by atoms with E-state index in [1.54, 1.807) is 6.07 Å². The molecule has 0 unspecified atom stereocenters. The molecule has 2 fully saturated rings. The van der Waals surface area contributed by atoms with Gasteiger partial charge in [-0.05, 0) is 42.0 Å². The van der Waals surface area contributed by atoms with Crippen molar-refractivity contribution in [2.45, 2.75) is 37.5 Å². The number of morpholine rings is 1. The van der Waals surface area contributed by atoms with Gasteiger partial charge in [0.05, 0.1) is 12.5 Å². The molecule has 0 spiro atoms. The molecule has 0 aromatic heterocycles. The monoisotopic (exact) mass is 399 g/mol. The second-order valence-electron chi connectivity index (χ2n) is 7.49. The van der Waals surface area contributed by atoms with Gasteiger partial charge in [0.2, 0.25) is 0 Å². The van der Waals surface area contributed by atoms with Gasteiger partial charge in [-0.3, -0.25) is 9.59 Å². The first-order chi connectivity index (χ1) is 13.5. The zero-order valence-corrected chi connectivity index (χ0v) is 16.1. The van der Waals surface area contributed by atoms with Crippen molar-refractivity contribution < 1.29 is 19.4 Å². The fourth-order valence-electron chi connectivity index (χ4n) is 3.82. The van der Waals surface area contributed by atoms with Gasteiger partial charge in [0.1, 0.15) is 12.2 Å². The number of rotatable bonds is 6. The van der Waals surface area contributed by atoms with Crippen LogP contribution in [0.2, 0.25) is 5.02 Å². The number of amides is 1. The van der Waals surface area contributed by atoms with Crippen LogP contribution in [0, 0.1) is 5.92 Å². The van der Waals surface area contributed by atoms with Crippen molar-refractivity contribution in [2.24, 2.45) is 5.92 Å². The van der Waals surface area contributed by atoms with E-state index in [1.807, 2.05) is 53.4 Å². The summed E-state index contributed by atoms with van der Waals surface area (Å²) in [4.78, 5) is 26.3. The Morgan fingerprint density at radius 3 is 2.46 bits per heavy atom. The van der Waals surface area contributed by atoms with Crippen LogP contribution in [0.5, 0.6) is 0 Å². The van der Waals surface area contributed by atoms with Crippen molar-refractivity contribution in [3.05, 3.63) is 70.7 Å². The molecule has 28 heavy (non-hydrogen) atoms. The zero-order chi connectivity index (χ0) is 19.7. The lowest BCUT2D eigenvalue weighted by atomic mass is 9.91. The zero-order valence-electron chi connectivity index (χ0n) is 15.3. The van der Waals surface area contributed by atoms with Crippen molar-refractivity contribution in [2.75, 3.05) is 6.54 Å². The summed E-state index contributed by atoms with van der Waals surface area (Å²) < 4.78 is 6.12. The van der Waals surface area contributed by atoms with Crippen LogP contribution < -0.4 is 0 Å². The van der Waals surface area contributed by atoms with Crippen molar-refractivity contribution in [1.29, 1.82) is 0 Å². The van der Waals surface area contributed by atoms with Gasteiger partial charge >= 0.3 is 5.97 Å². The summed E-state index contributed by atoms with van der Waals surface area (Å²) in [5.41, 5.74) is 1.81. The second-order valence-corrected chi connectivity index (χ2v) is 7.92. The third-order valence-electron chi connectivity index (χ3n) is 5.32. The van der Waals surface area contributed by atoms with Crippen molar-refractivity contribution in [1.82, 2.24) is 4.90 Å². The minimum absolute atomic E-state index is 0.249. The SMILES string of the molecule is O=C(O)C[C@H]1O[C@H](c2cccc(Cl)c2)[C@@H](c2ccccc2)N(CC2CC2)C1=O. The van der Waals surface area contributed by atoms with Gasteiger partial charge in [-0.25, -0.2) is 0 Å². The molecule has 2 aromatic rings. The summed E-state index contributed by atoms with van der Waals surface area (Å²) in [5.74, 6) is -0.826. The summed E-state index contributed by atoms with van der Waals surface area (Å²) in [6.45, 7) is 0.620. The van der Waals surface area contributed by atoms with Crippen LogP contribution in [0.15, 0.2) is 54.6 Å². The standard InChI is InChI=1S/C22H22ClNO4/c23-17-8-4-7-16(11-17)21-20(15-5-2-1-3-6-15)24(13-14-9-10-14)22(27)18(28-21)12-19(25)26/h1-8,11,14,18,20-21H,9-10,12-13H2,(H,25,26)/t18-,20-,21-/m1/s1. The van der Waals surface area contributed by atoms with Gasteiger partial charge in [0.25, 0.3) is 5.91 Å². The predicted octanol–water partition coefficient (Wildman–Crippen LogP) is 4.23. The normalized spacial score (nSPS) is 25.0. The number of aliphatic carboxylic acids is 1. The van der Waals surface area contributed by atoms with E-state index in [-0.39, 0.29) is 18.4 Å². The van der Waals surface area contributed by atoms with E-state index in [0.717, 1.165) is 24.0 Å². The highest BCUT2D eigenvalue weighted by atomic mass is 35.5. The molecule has 0 radical (unpaired) electrons. The highest BCUT2D eigenvalue weighted by Gasteiger charge is 2.46. The number of nitrogens with zero attached hydrogens (tertiary/aromatic N) is 1. The minimum atomic E-state index is -1.05. The molecule has 1 aliphatic carbocycles. The van der Waals surface area contributed by atoms with E-state index in [0.29, 0.717) is 17.5 Å². The minimum Gasteiger partial charge on any atom is -0.481 e. The molecule has 146 valence electrons. The van der Waals surface area contributed by atoms with E-state index < -0.39 is 18.2 Å². The highest BCUT2D eigenvalue weighted by molar-refractivity contribution is 6.30. The lowest BCUT2D eigenvalue weighted by Crippen LogP contribution is -2.52. The molecule has 1 saturated carbocycles. The molecule has 4 rings (SSSR count). The van der Waals surface area contributed by atoms with Crippen molar-refractivity contribution in [3.8, 4) is 0 Å². The fourth-order valence-corrected chi connectivity index (χ4v) is 4.02. The number of ether oxygens (including phenoxy) is 1. The quantitative estimate of drug-likeness (QED) is 0.789. The van der Waals surface area contributed by atoms with Gasteiger partial charge < -0.3 is 14.7 Å². The maximum Gasteiger partial charge on any atom is 0.306 e. The molecule has 3 atom stereocenters. The van der Waals surface area contributed by atoms with Crippen LogP contribution in [0.3, 0.4) is 0 Å². The molecule has 1 N–H and O–H groups in total. The smallest absolute Gasteiger partial charge is 0.306 e. The topological polar surface area (TPSA) is 66.8 Å². The Labute approximate surface area is 168 Å². The predicted molar refractivity (Wildman–Crippen MR) is 105 cm³/mol.